The summed E-state index contributed by atoms with van der Waals surface area (Å²) in [6, 6.07) is 0. The van der Waals surface area contributed by atoms with Crippen LogP contribution in [0.3, 0.4) is 0 Å². The highest BCUT2D eigenvalue weighted by Gasteiger charge is 2.30. The highest BCUT2D eigenvalue weighted by atomic mass is 31.2. The van der Waals surface area contributed by atoms with Crippen molar-refractivity contribution in [3.8, 4) is 0 Å². The molecule has 0 rings (SSSR count). The van der Waals surface area contributed by atoms with Crippen LogP contribution in [-0.2, 0) is 65.4 Å². The van der Waals surface area contributed by atoms with Crippen molar-refractivity contribution in [3.05, 3.63) is 0 Å². The maximum atomic E-state index is 13.0. The number of ether oxygens (including phenoxy) is 4. The van der Waals surface area contributed by atoms with Crippen molar-refractivity contribution in [2.45, 2.75) is 348 Å². The van der Waals surface area contributed by atoms with Crippen LogP contribution in [0.5, 0.6) is 0 Å². The summed E-state index contributed by atoms with van der Waals surface area (Å²) < 4.78 is 68.0. The van der Waals surface area contributed by atoms with Gasteiger partial charge in [0, 0.05) is 25.7 Å². The van der Waals surface area contributed by atoms with Crippen LogP contribution in [0.4, 0.5) is 0 Å². The Morgan fingerprint density at radius 2 is 0.548 bits per heavy atom. The van der Waals surface area contributed by atoms with E-state index in [0.717, 1.165) is 89.9 Å². The molecule has 84 heavy (non-hydrogen) atoms. The van der Waals surface area contributed by atoms with Crippen molar-refractivity contribution in [1.82, 2.24) is 0 Å². The van der Waals surface area contributed by atoms with Crippen LogP contribution in [0.2, 0.25) is 0 Å². The zero-order valence-electron chi connectivity index (χ0n) is 54.0. The molecule has 0 aromatic rings. The Kier molecular flexibility index (Phi) is 57.4. The second kappa shape index (κ2) is 58.7. The van der Waals surface area contributed by atoms with E-state index in [1.807, 2.05) is 0 Å². The normalized spacial score (nSPS) is 14.2. The number of phosphoric acid groups is 2. The van der Waals surface area contributed by atoms with Crippen LogP contribution in [0.25, 0.3) is 0 Å². The quantitative estimate of drug-likeness (QED) is 0.0222. The number of carbonyl (C=O) groups excluding carboxylic acids is 4. The van der Waals surface area contributed by atoms with Crippen molar-refractivity contribution in [3.63, 3.8) is 0 Å². The third-order valence-electron chi connectivity index (χ3n) is 15.0. The zero-order chi connectivity index (χ0) is 62.0. The van der Waals surface area contributed by atoms with Crippen molar-refractivity contribution < 1.29 is 80.2 Å². The second-order valence-corrected chi connectivity index (χ2v) is 26.9. The van der Waals surface area contributed by atoms with Gasteiger partial charge < -0.3 is 33.8 Å². The van der Waals surface area contributed by atoms with Gasteiger partial charge in [-0.1, -0.05) is 279 Å². The smallest absolute Gasteiger partial charge is 0.462 e. The fourth-order valence-corrected chi connectivity index (χ4v) is 11.3. The van der Waals surface area contributed by atoms with E-state index in [4.69, 9.17) is 37.0 Å². The number of unbranched alkanes of at least 4 members (excludes halogenated alkanes) is 37. The van der Waals surface area contributed by atoms with E-state index in [1.165, 1.54) is 154 Å². The molecule has 0 spiro atoms. The number of hydrogen-bond acceptors (Lipinski definition) is 15. The van der Waals surface area contributed by atoms with Gasteiger partial charge in [-0.05, 0) is 31.6 Å². The fraction of sp³-hybridized carbons (Fsp3) is 0.938. The van der Waals surface area contributed by atoms with E-state index in [2.05, 4.69) is 34.6 Å². The molecule has 19 heteroatoms. The van der Waals surface area contributed by atoms with Gasteiger partial charge in [0.25, 0.3) is 0 Å². The van der Waals surface area contributed by atoms with Gasteiger partial charge >= 0.3 is 39.5 Å². The predicted octanol–water partition coefficient (Wildman–Crippen LogP) is 18.2. The van der Waals surface area contributed by atoms with Crippen LogP contribution >= 0.6 is 15.6 Å². The number of aliphatic hydroxyl groups excluding tert-OH is 1. The summed E-state index contributed by atoms with van der Waals surface area (Å²) in [7, 11) is -9.88. The SMILES string of the molecule is CCCCCCCCCCCCCCCCCCC(=O)O[C@H](COC(=O)CCCCCCCCCCCC)COP(=O)(O)OC[C@@H](O)COP(=O)(O)OC[C@@H](COC(=O)CCCCCCCCCCC)OC(=O)CCCCCCCCC(C)C. The molecular formula is C65H126O17P2. The number of aliphatic hydroxyl groups is 1. The van der Waals surface area contributed by atoms with Crippen LogP contribution in [-0.4, -0.2) is 96.7 Å². The Labute approximate surface area is 511 Å². The molecule has 0 heterocycles. The number of hydrogen-bond donors (Lipinski definition) is 3. The largest absolute Gasteiger partial charge is 0.472 e. The minimum atomic E-state index is -4.94. The minimum absolute atomic E-state index is 0.102. The molecular weight excluding hydrogens is 1110 g/mol. The summed E-state index contributed by atoms with van der Waals surface area (Å²) >= 11 is 0. The van der Waals surface area contributed by atoms with E-state index < -0.39 is 97.5 Å². The molecule has 0 aliphatic heterocycles. The van der Waals surface area contributed by atoms with Crippen LogP contribution in [0.15, 0.2) is 0 Å². The number of phosphoric ester groups is 2. The molecule has 5 atom stereocenters. The van der Waals surface area contributed by atoms with E-state index in [1.54, 1.807) is 0 Å². The molecule has 2 unspecified atom stereocenters. The summed E-state index contributed by atoms with van der Waals surface area (Å²) in [6.07, 6.45) is 43.2. The van der Waals surface area contributed by atoms with Crippen LogP contribution in [0.1, 0.15) is 330 Å². The monoisotopic (exact) mass is 1240 g/mol. The van der Waals surface area contributed by atoms with E-state index in [-0.39, 0.29) is 25.7 Å². The molecule has 0 aliphatic carbocycles. The molecule has 0 amide bonds. The first-order valence-corrected chi connectivity index (χ1v) is 37.1. The lowest BCUT2D eigenvalue weighted by molar-refractivity contribution is -0.161. The zero-order valence-corrected chi connectivity index (χ0v) is 55.8. The molecule has 498 valence electrons. The summed E-state index contributed by atoms with van der Waals surface area (Å²) in [5.41, 5.74) is 0. The average Bonchev–Trinajstić information content (AvgIpc) is 3.62. The maximum absolute atomic E-state index is 13.0. The Morgan fingerprint density at radius 1 is 0.321 bits per heavy atom. The predicted molar refractivity (Wildman–Crippen MR) is 335 cm³/mol. The molecule has 17 nitrogen and oxygen atoms in total. The third kappa shape index (κ3) is 59.0. The van der Waals surface area contributed by atoms with Crippen molar-refractivity contribution in [2.75, 3.05) is 39.6 Å². The summed E-state index contributed by atoms with van der Waals surface area (Å²) in [5.74, 6) is -1.47. The van der Waals surface area contributed by atoms with Gasteiger partial charge in [-0.25, -0.2) is 9.13 Å². The summed E-state index contributed by atoms with van der Waals surface area (Å²) in [6.45, 7) is 7.09. The molecule has 0 radical (unpaired) electrons. The molecule has 0 fully saturated rings. The van der Waals surface area contributed by atoms with Gasteiger partial charge in [0.15, 0.2) is 12.2 Å². The molecule has 0 aliphatic rings. The van der Waals surface area contributed by atoms with Crippen molar-refractivity contribution >= 4 is 39.5 Å². The molecule has 0 bridgehead atoms. The standard InChI is InChI=1S/C65H126O17P2/c1-6-9-12-15-18-21-23-24-25-26-27-28-31-34-40-45-50-64(69)81-60(54-76-63(68)49-44-39-33-30-22-19-16-13-10-7-2)56-79-83(71,72)77-52-59(66)53-78-84(73,74)80-57-61(82-65(70)51-46-41-36-35-37-42-47-58(4)5)55-75-62(67)48-43-38-32-29-20-17-14-11-8-3/h58-61,66H,6-57H2,1-5H3,(H,71,72)(H,73,74)/t59-,60-,61-/m1/s1. The number of rotatable bonds is 65. The van der Waals surface area contributed by atoms with Gasteiger partial charge in [-0.2, -0.15) is 0 Å². The van der Waals surface area contributed by atoms with Crippen molar-refractivity contribution in [1.29, 1.82) is 0 Å². The average molecular weight is 1240 g/mol. The Bertz CT molecular complexity index is 1640. The topological polar surface area (TPSA) is 237 Å². The number of carbonyl (C=O) groups is 4. The molecule has 0 aromatic carbocycles. The second-order valence-electron chi connectivity index (χ2n) is 24.0. The van der Waals surface area contributed by atoms with Crippen LogP contribution < -0.4 is 0 Å². The molecule has 0 saturated carbocycles. The minimum Gasteiger partial charge on any atom is -0.462 e. The first kappa shape index (κ1) is 82.1. The first-order chi connectivity index (χ1) is 40.5. The lowest BCUT2D eigenvalue weighted by atomic mass is 10.0. The molecule has 0 saturated heterocycles. The van der Waals surface area contributed by atoms with Crippen molar-refractivity contribution in [2.24, 2.45) is 5.92 Å². The lowest BCUT2D eigenvalue weighted by Gasteiger charge is -2.21. The molecule has 3 N–H and O–H groups in total. The van der Waals surface area contributed by atoms with Gasteiger partial charge in [-0.15, -0.1) is 0 Å². The maximum Gasteiger partial charge on any atom is 0.472 e. The van der Waals surface area contributed by atoms with E-state index in [9.17, 15) is 43.2 Å². The van der Waals surface area contributed by atoms with E-state index >= 15 is 0 Å². The first-order valence-electron chi connectivity index (χ1n) is 34.1. The highest BCUT2D eigenvalue weighted by Crippen LogP contribution is 2.45. The van der Waals surface area contributed by atoms with Gasteiger partial charge in [0.2, 0.25) is 0 Å². The van der Waals surface area contributed by atoms with Gasteiger partial charge in [0.1, 0.15) is 19.3 Å². The van der Waals surface area contributed by atoms with Gasteiger partial charge in [0.05, 0.1) is 26.4 Å². The number of esters is 4. The lowest BCUT2D eigenvalue weighted by Crippen LogP contribution is -2.30. The van der Waals surface area contributed by atoms with Gasteiger partial charge in [-0.3, -0.25) is 37.3 Å². The van der Waals surface area contributed by atoms with E-state index in [0.29, 0.717) is 31.6 Å². The Hall–Kier alpha value is -1.94. The van der Waals surface area contributed by atoms with Crippen LogP contribution in [0, 0.1) is 5.92 Å². The fourth-order valence-electron chi connectivity index (χ4n) is 9.76. The third-order valence-corrected chi connectivity index (χ3v) is 16.9. The summed E-state index contributed by atoms with van der Waals surface area (Å²) in [5, 5.41) is 10.5. The Balaban J connectivity index is 5.20. The highest BCUT2D eigenvalue weighted by molar-refractivity contribution is 7.47. The Morgan fingerprint density at radius 3 is 0.810 bits per heavy atom. The molecule has 0 aromatic heterocycles. The summed E-state index contributed by atoms with van der Waals surface area (Å²) in [4.78, 5) is 72.2.